The van der Waals surface area contributed by atoms with Gasteiger partial charge in [0.05, 0.1) is 11.6 Å². The van der Waals surface area contributed by atoms with Crippen LogP contribution < -0.4 is 19.5 Å². The number of hydrogen-bond acceptors (Lipinski definition) is 4. The van der Waals surface area contributed by atoms with Crippen LogP contribution in [0.15, 0.2) is 30.3 Å². The van der Waals surface area contributed by atoms with Crippen LogP contribution in [0.25, 0.3) is 0 Å². The minimum absolute atomic E-state index is 0.0852. The van der Waals surface area contributed by atoms with Gasteiger partial charge in [-0.25, -0.2) is 0 Å². The summed E-state index contributed by atoms with van der Waals surface area (Å²) in [7, 11) is 0. The Labute approximate surface area is 150 Å². The zero-order chi connectivity index (χ0) is 16.7. The second-order valence-electron chi connectivity index (χ2n) is 5.71. The minimum Gasteiger partial charge on any atom is -0.494 e. The maximum atomic E-state index is 6.14. The molecule has 0 radical (unpaired) electrons. The fourth-order valence-electron chi connectivity index (χ4n) is 3.20. The van der Waals surface area contributed by atoms with Crippen molar-refractivity contribution < 1.29 is 14.2 Å². The number of benzene rings is 2. The quantitative estimate of drug-likeness (QED) is 0.799. The third-order valence-corrected chi connectivity index (χ3v) is 4.74. The van der Waals surface area contributed by atoms with Gasteiger partial charge in [-0.1, -0.05) is 29.9 Å². The molecule has 1 N–H and O–H groups in total. The Morgan fingerprint density at radius 1 is 1.21 bits per heavy atom. The number of rotatable bonds is 3. The third kappa shape index (κ3) is 2.68. The summed E-state index contributed by atoms with van der Waals surface area (Å²) < 4.78 is 16.8. The maximum absolute atomic E-state index is 6.14. The van der Waals surface area contributed by atoms with Crippen molar-refractivity contribution in [2.75, 3.05) is 18.7 Å². The van der Waals surface area contributed by atoms with E-state index in [1.165, 1.54) is 0 Å². The van der Waals surface area contributed by atoms with Crippen molar-refractivity contribution in [3.05, 3.63) is 46.5 Å². The molecule has 4 rings (SSSR count). The number of ether oxygens (including phenoxy) is 3. The third-order valence-electron chi connectivity index (χ3n) is 4.23. The van der Waals surface area contributed by atoms with Gasteiger partial charge in [-0.2, -0.15) is 0 Å². The number of hydrogen-bond donors (Lipinski definition) is 1. The highest BCUT2D eigenvalue weighted by atomic mass is 35.5. The Morgan fingerprint density at radius 3 is 2.79 bits per heavy atom. The van der Waals surface area contributed by atoms with E-state index < -0.39 is 0 Å². The Balaban J connectivity index is 1.84. The standard InChI is InChI=1S/C18H16ClNO3S/c1-2-21-15-5-10(19)3-4-11(15)12-7-18(24)20-14-8-17-16(6-13(12)14)22-9-23-17/h3-6,8,12H,2,7,9H2,1H3,(H,20,24). The lowest BCUT2D eigenvalue weighted by Crippen LogP contribution is -2.22. The smallest absolute Gasteiger partial charge is 0.231 e. The summed E-state index contributed by atoms with van der Waals surface area (Å²) in [5, 5.41) is 3.94. The van der Waals surface area contributed by atoms with Gasteiger partial charge in [0.25, 0.3) is 0 Å². The van der Waals surface area contributed by atoms with Gasteiger partial charge in [0.1, 0.15) is 5.75 Å². The van der Waals surface area contributed by atoms with Crippen LogP contribution in [0.4, 0.5) is 5.69 Å². The summed E-state index contributed by atoms with van der Waals surface area (Å²) in [6, 6.07) is 9.74. The first-order valence-electron chi connectivity index (χ1n) is 7.81. The molecular formula is C18H16ClNO3S. The largest absolute Gasteiger partial charge is 0.494 e. The normalized spacial score (nSPS) is 18.1. The van der Waals surface area contributed by atoms with Crippen LogP contribution in [0.5, 0.6) is 17.2 Å². The van der Waals surface area contributed by atoms with Gasteiger partial charge in [0, 0.05) is 34.7 Å². The van der Waals surface area contributed by atoms with Crippen molar-refractivity contribution in [1.82, 2.24) is 0 Å². The van der Waals surface area contributed by atoms with Gasteiger partial charge in [-0.15, -0.1) is 0 Å². The van der Waals surface area contributed by atoms with Gasteiger partial charge in [-0.05, 0) is 30.7 Å². The van der Waals surface area contributed by atoms with E-state index in [1.54, 1.807) is 0 Å². The summed E-state index contributed by atoms with van der Waals surface area (Å²) in [4.78, 5) is 0.795. The van der Waals surface area contributed by atoms with E-state index in [-0.39, 0.29) is 12.7 Å². The van der Waals surface area contributed by atoms with Crippen molar-refractivity contribution in [2.24, 2.45) is 0 Å². The molecule has 6 heteroatoms. The second-order valence-corrected chi connectivity index (χ2v) is 6.64. The predicted octanol–water partition coefficient (Wildman–Crippen LogP) is 4.74. The molecule has 0 amide bonds. The predicted molar refractivity (Wildman–Crippen MR) is 97.9 cm³/mol. The van der Waals surface area contributed by atoms with Gasteiger partial charge in [0.2, 0.25) is 6.79 Å². The van der Waals surface area contributed by atoms with Gasteiger partial charge >= 0.3 is 0 Å². The Hall–Kier alpha value is -1.98. The zero-order valence-electron chi connectivity index (χ0n) is 13.1. The molecule has 0 aliphatic carbocycles. The average molecular weight is 362 g/mol. The minimum atomic E-state index is 0.0852. The van der Waals surface area contributed by atoms with Crippen LogP contribution in [0.3, 0.4) is 0 Å². The molecule has 0 spiro atoms. The van der Waals surface area contributed by atoms with Crippen LogP contribution in [0, 0.1) is 0 Å². The average Bonchev–Trinajstić information content (AvgIpc) is 3.00. The molecule has 0 aromatic heterocycles. The van der Waals surface area contributed by atoms with Gasteiger partial charge in [0.15, 0.2) is 11.5 Å². The summed E-state index contributed by atoms with van der Waals surface area (Å²) in [6.45, 7) is 2.79. The Morgan fingerprint density at radius 2 is 2.00 bits per heavy atom. The molecule has 124 valence electrons. The van der Waals surface area contributed by atoms with Gasteiger partial charge < -0.3 is 19.5 Å². The highest BCUT2D eigenvalue weighted by molar-refractivity contribution is 7.80. The van der Waals surface area contributed by atoms with E-state index in [0.717, 1.165) is 39.1 Å². The lowest BCUT2D eigenvalue weighted by molar-refractivity contribution is 0.174. The Bertz CT molecular complexity index is 824. The van der Waals surface area contributed by atoms with Crippen LogP contribution in [0.2, 0.25) is 5.02 Å². The number of nitrogens with one attached hydrogen (secondary N) is 1. The van der Waals surface area contributed by atoms with E-state index in [4.69, 9.17) is 38.0 Å². The van der Waals surface area contributed by atoms with Crippen LogP contribution in [-0.2, 0) is 0 Å². The van der Waals surface area contributed by atoms with E-state index in [2.05, 4.69) is 5.32 Å². The molecule has 0 fully saturated rings. The number of anilines is 1. The monoisotopic (exact) mass is 361 g/mol. The van der Waals surface area contributed by atoms with Crippen molar-refractivity contribution in [1.29, 1.82) is 0 Å². The molecule has 24 heavy (non-hydrogen) atoms. The van der Waals surface area contributed by atoms with E-state index >= 15 is 0 Å². The number of halogens is 1. The molecular weight excluding hydrogens is 346 g/mol. The molecule has 0 saturated carbocycles. The molecule has 2 aromatic carbocycles. The molecule has 0 saturated heterocycles. The molecule has 1 atom stereocenters. The summed E-state index contributed by atoms with van der Waals surface area (Å²) in [5.41, 5.74) is 3.15. The van der Waals surface area contributed by atoms with Crippen molar-refractivity contribution >= 4 is 34.5 Å². The van der Waals surface area contributed by atoms with E-state index in [1.807, 2.05) is 37.3 Å². The highest BCUT2D eigenvalue weighted by Crippen LogP contribution is 2.46. The molecule has 2 aromatic rings. The molecule has 4 nitrogen and oxygen atoms in total. The molecule has 2 aliphatic rings. The van der Waals surface area contributed by atoms with E-state index in [9.17, 15) is 0 Å². The number of fused-ring (bicyclic) bond motifs is 2. The summed E-state index contributed by atoms with van der Waals surface area (Å²) >= 11 is 11.6. The van der Waals surface area contributed by atoms with Gasteiger partial charge in [-0.3, -0.25) is 0 Å². The van der Waals surface area contributed by atoms with Crippen molar-refractivity contribution in [3.63, 3.8) is 0 Å². The SMILES string of the molecule is CCOc1cc(Cl)ccc1C1CC(=S)Nc2cc3c(cc21)OCO3. The molecule has 1 unspecified atom stereocenters. The highest BCUT2D eigenvalue weighted by Gasteiger charge is 2.30. The second kappa shape index (κ2) is 6.15. The summed E-state index contributed by atoms with van der Waals surface area (Å²) in [5.74, 6) is 2.39. The first-order valence-corrected chi connectivity index (χ1v) is 8.60. The van der Waals surface area contributed by atoms with Crippen molar-refractivity contribution in [3.8, 4) is 17.2 Å². The van der Waals surface area contributed by atoms with Crippen molar-refractivity contribution in [2.45, 2.75) is 19.3 Å². The van der Waals surface area contributed by atoms with Crippen LogP contribution >= 0.6 is 23.8 Å². The Kier molecular flexibility index (Phi) is 3.98. The molecule has 2 heterocycles. The fourth-order valence-corrected chi connectivity index (χ4v) is 3.64. The van der Waals surface area contributed by atoms with E-state index in [0.29, 0.717) is 18.1 Å². The molecule has 2 aliphatic heterocycles. The summed E-state index contributed by atoms with van der Waals surface area (Å²) in [6.07, 6.45) is 0.712. The van der Waals surface area contributed by atoms with Crippen LogP contribution in [-0.4, -0.2) is 18.4 Å². The fraction of sp³-hybridized carbons (Fsp3) is 0.278. The lowest BCUT2D eigenvalue weighted by Gasteiger charge is -2.29. The maximum Gasteiger partial charge on any atom is 0.231 e. The van der Waals surface area contributed by atoms with Crippen LogP contribution in [0.1, 0.15) is 30.4 Å². The first kappa shape index (κ1) is 15.5. The zero-order valence-corrected chi connectivity index (χ0v) is 14.7. The molecule has 0 bridgehead atoms. The topological polar surface area (TPSA) is 39.7 Å². The first-order chi connectivity index (χ1) is 11.7. The number of thiocarbonyl (C=S) groups is 1. The lowest BCUT2D eigenvalue weighted by atomic mass is 9.84.